The number of ether oxygens (including phenoxy) is 2. The molecule has 0 saturated carbocycles. The molecule has 1 aliphatic heterocycles. The number of aliphatic hydroxyl groups is 4. The molecule has 1 aromatic carbocycles. The number of rotatable bonds is 4. The van der Waals surface area contributed by atoms with Gasteiger partial charge in [0, 0.05) is 6.07 Å². The Labute approximate surface area is 132 Å². The molecule has 0 bridgehead atoms. The van der Waals surface area contributed by atoms with Crippen LogP contribution in [-0.2, 0) is 4.74 Å². The molecule has 1 aromatic rings. The fraction of sp³-hybridized carbons (Fsp3) is 0.533. The highest BCUT2D eigenvalue weighted by atomic mass is 16.7. The average Bonchev–Trinajstić information content (AvgIpc) is 2.46. The van der Waals surface area contributed by atoms with E-state index >= 15 is 0 Å². The molecule has 5 N–H and O–H groups in total. The topological polar surface area (TPSA) is 137 Å². The van der Waals surface area contributed by atoms with E-state index < -0.39 is 37.3 Å². The number of benzene rings is 1. The summed E-state index contributed by atoms with van der Waals surface area (Å²) in [6.07, 6.45) is -7.25. The normalized spacial score (nSPS) is 31.0. The fourth-order valence-corrected chi connectivity index (χ4v) is 2.57. The molecule has 0 spiro atoms. The van der Waals surface area contributed by atoms with Crippen LogP contribution in [0.1, 0.15) is 22.8 Å². The fourth-order valence-electron chi connectivity index (χ4n) is 2.57. The van der Waals surface area contributed by atoms with Crippen LogP contribution < -0.4 is 4.74 Å². The Morgan fingerprint density at radius 1 is 1.22 bits per heavy atom. The number of hydrogen-bond donors (Lipinski definition) is 5. The lowest BCUT2D eigenvalue weighted by Gasteiger charge is -2.39. The van der Waals surface area contributed by atoms with E-state index in [0.717, 1.165) is 0 Å². The Morgan fingerprint density at radius 2 is 1.87 bits per heavy atom. The molecule has 0 unspecified atom stereocenters. The molecule has 5 atom stereocenters. The zero-order chi connectivity index (χ0) is 17.3. The molecular weight excluding hydrogens is 308 g/mol. The number of carbonyl (C=O) groups excluding carboxylic acids is 1. The molecule has 8 heteroatoms. The predicted molar refractivity (Wildman–Crippen MR) is 77.2 cm³/mol. The monoisotopic (exact) mass is 328 g/mol. The van der Waals surface area contributed by atoms with Crippen molar-refractivity contribution in [1.82, 2.24) is 0 Å². The molecular formula is C15H20O8. The van der Waals surface area contributed by atoms with Gasteiger partial charge < -0.3 is 35.0 Å². The molecule has 0 amide bonds. The Kier molecular flexibility index (Phi) is 5.23. The molecule has 8 nitrogen and oxygen atoms in total. The second kappa shape index (κ2) is 6.81. The van der Waals surface area contributed by atoms with Crippen LogP contribution in [0.2, 0.25) is 0 Å². The summed E-state index contributed by atoms with van der Waals surface area (Å²) in [5.41, 5.74) is 0.664. The SMILES string of the molecule is CC(=O)c1c(C)cc(O)cc1O[C@H]1O[C@H](CO)[C@@H](O)[C@H](O)[C@H]1O. The number of phenolic OH excluding ortho intramolecular Hbond substituents is 1. The third kappa shape index (κ3) is 3.46. The van der Waals surface area contributed by atoms with Crippen LogP contribution in [0.4, 0.5) is 0 Å². The molecule has 1 fully saturated rings. The van der Waals surface area contributed by atoms with Gasteiger partial charge in [-0.25, -0.2) is 0 Å². The van der Waals surface area contributed by atoms with E-state index in [9.17, 15) is 25.2 Å². The number of aromatic hydroxyl groups is 1. The van der Waals surface area contributed by atoms with Crippen molar-refractivity contribution in [3.63, 3.8) is 0 Å². The number of phenols is 1. The summed E-state index contributed by atoms with van der Waals surface area (Å²) < 4.78 is 10.7. The summed E-state index contributed by atoms with van der Waals surface area (Å²) >= 11 is 0. The minimum absolute atomic E-state index is 0.0284. The van der Waals surface area contributed by atoms with E-state index in [0.29, 0.717) is 5.56 Å². The largest absolute Gasteiger partial charge is 0.508 e. The van der Waals surface area contributed by atoms with Gasteiger partial charge in [0.15, 0.2) is 5.78 Å². The lowest BCUT2D eigenvalue weighted by molar-refractivity contribution is -0.277. The highest BCUT2D eigenvalue weighted by Crippen LogP contribution is 2.31. The van der Waals surface area contributed by atoms with Gasteiger partial charge in [-0.05, 0) is 25.5 Å². The van der Waals surface area contributed by atoms with Gasteiger partial charge in [0.05, 0.1) is 12.2 Å². The first-order chi connectivity index (χ1) is 10.8. The van der Waals surface area contributed by atoms with Crippen LogP contribution in [0.5, 0.6) is 11.5 Å². The van der Waals surface area contributed by atoms with Crippen LogP contribution in [0.3, 0.4) is 0 Å². The van der Waals surface area contributed by atoms with E-state index in [2.05, 4.69) is 0 Å². The highest BCUT2D eigenvalue weighted by molar-refractivity contribution is 5.98. The van der Waals surface area contributed by atoms with Gasteiger partial charge in [-0.3, -0.25) is 4.79 Å². The van der Waals surface area contributed by atoms with Crippen molar-refractivity contribution in [2.45, 2.75) is 44.6 Å². The Bertz CT molecular complexity index is 585. The predicted octanol–water partition coefficient (Wildman–Crippen LogP) is -0.918. The van der Waals surface area contributed by atoms with E-state index in [-0.39, 0.29) is 22.8 Å². The summed E-state index contributed by atoms with van der Waals surface area (Å²) in [4.78, 5) is 11.8. The number of aliphatic hydroxyl groups excluding tert-OH is 4. The third-order valence-electron chi connectivity index (χ3n) is 3.73. The number of ketones is 1. The van der Waals surface area contributed by atoms with Gasteiger partial charge in [-0.2, -0.15) is 0 Å². The first-order valence-corrected chi connectivity index (χ1v) is 7.08. The average molecular weight is 328 g/mol. The number of hydrogen-bond acceptors (Lipinski definition) is 8. The number of Topliss-reactive ketones (excluding diaryl/α,β-unsaturated/α-hetero) is 1. The lowest BCUT2D eigenvalue weighted by Crippen LogP contribution is -2.60. The van der Waals surface area contributed by atoms with Gasteiger partial charge in [-0.15, -0.1) is 0 Å². The summed E-state index contributed by atoms with van der Waals surface area (Å²) in [7, 11) is 0. The van der Waals surface area contributed by atoms with Crippen molar-refractivity contribution in [2.24, 2.45) is 0 Å². The summed E-state index contributed by atoms with van der Waals surface area (Å²) in [6.45, 7) is 2.33. The number of aryl methyl sites for hydroxylation is 1. The zero-order valence-electron chi connectivity index (χ0n) is 12.7. The molecule has 23 heavy (non-hydrogen) atoms. The van der Waals surface area contributed by atoms with Gasteiger partial charge >= 0.3 is 0 Å². The molecule has 128 valence electrons. The van der Waals surface area contributed by atoms with Crippen molar-refractivity contribution in [1.29, 1.82) is 0 Å². The van der Waals surface area contributed by atoms with Crippen LogP contribution in [0.25, 0.3) is 0 Å². The third-order valence-corrected chi connectivity index (χ3v) is 3.73. The summed E-state index contributed by atoms with van der Waals surface area (Å²) in [6, 6.07) is 2.57. The minimum atomic E-state index is -1.60. The maximum absolute atomic E-state index is 11.8. The van der Waals surface area contributed by atoms with E-state index in [4.69, 9.17) is 14.6 Å². The van der Waals surface area contributed by atoms with Crippen molar-refractivity contribution in [2.75, 3.05) is 6.61 Å². The second-order valence-corrected chi connectivity index (χ2v) is 5.51. The molecule has 0 aliphatic carbocycles. The lowest BCUT2D eigenvalue weighted by atomic mass is 9.99. The first kappa shape index (κ1) is 17.6. The second-order valence-electron chi connectivity index (χ2n) is 5.51. The van der Waals surface area contributed by atoms with Crippen LogP contribution >= 0.6 is 0 Å². The van der Waals surface area contributed by atoms with E-state index in [1.165, 1.54) is 19.1 Å². The van der Waals surface area contributed by atoms with Crippen molar-refractivity contribution in [3.8, 4) is 11.5 Å². The molecule has 0 radical (unpaired) electrons. The maximum atomic E-state index is 11.8. The van der Waals surface area contributed by atoms with Crippen LogP contribution in [-0.4, -0.2) is 68.6 Å². The molecule has 1 aliphatic rings. The van der Waals surface area contributed by atoms with E-state index in [1.807, 2.05) is 0 Å². The summed E-state index contributed by atoms with van der Waals surface area (Å²) in [5.74, 6) is -0.492. The Morgan fingerprint density at radius 3 is 2.43 bits per heavy atom. The van der Waals surface area contributed by atoms with Crippen LogP contribution in [0.15, 0.2) is 12.1 Å². The van der Waals surface area contributed by atoms with Crippen LogP contribution in [0, 0.1) is 6.92 Å². The smallest absolute Gasteiger partial charge is 0.229 e. The maximum Gasteiger partial charge on any atom is 0.229 e. The number of carbonyl (C=O) groups is 1. The minimum Gasteiger partial charge on any atom is -0.508 e. The molecule has 2 rings (SSSR count). The molecule has 0 aromatic heterocycles. The Hall–Kier alpha value is -1.71. The van der Waals surface area contributed by atoms with Gasteiger partial charge in [0.1, 0.15) is 35.9 Å². The van der Waals surface area contributed by atoms with E-state index in [1.54, 1.807) is 6.92 Å². The van der Waals surface area contributed by atoms with Crippen molar-refractivity contribution in [3.05, 3.63) is 23.3 Å². The first-order valence-electron chi connectivity index (χ1n) is 7.08. The highest BCUT2D eigenvalue weighted by Gasteiger charge is 2.45. The molecule has 1 heterocycles. The van der Waals surface area contributed by atoms with Gasteiger partial charge in [-0.1, -0.05) is 0 Å². The summed E-state index contributed by atoms with van der Waals surface area (Å²) in [5, 5.41) is 48.3. The van der Waals surface area contributed by atoms with Crippen molar-refractivity contribution >= 4 is 5.78 Å². The van der Waals surface area contributed by atoms with Gasteiger partial charge in [0.2, 0.25) is 6.29 Å². The Balaban J connectivity index is 2.33. The zero-order valence-corrected chi connectivity index (χ0v) is 12.7. The molecule has 1 saturated heterocycles. The standard InChI is InChI=1S/C15H20O8/c1-6-3-8(18)4-9(11(6)7(2)17)22-15-14(21)13(20)12(19)10(5-16)23-15/h3-4,10,12-16,18-21H,5H2,1-2H3/t10-,12-,13+,14-,15+/m1/s1. The van der Waals surface area contributed by atoms with Crippen molar-refractivity contribution < 1.29 is 39.8 Å². The van der Waals surface area contributed by atoms with Gasteiger partial charge in [0.25, 0.3) is 0 Å². The quantitative estimate of drug-likeness (QED) is 0.448.